The number of benzene rings is 3. The van der Waals surface area contributed by atoms with E-state index < -0.39 is 0 Å². The molecule has 3 aliphatic heterocycles. The van der Waals surface area contributed by atoms with Gasteiger partial charge in [-0.3, -0.25) is 14.4 Å². The molecule has 0 amide bonds. The van der Waals surface area contributed by atoms with Crippen LogP contribution >= 0.6 is 22.6 Å². The molecule has 3 unspecified atom stereocenters. The highest BCUT2D eigenvalue weighted by molar-refractivity contribution is 14.1. The summed E-state index contributed by atoms with van der Waals surface area (Å²) in [7, 11) is 0. The van der Waals surface area contributed by atoms with Gasteiger partial charge in [0, 0.05) is 37.0 Å². The normalized spacial score (nSPS) is 19.4. The second-order valence-electron chi connectivity index (χ2n) is 16.4. The van der Waals surface area contributed by atoms with Crippen LogP contribution in [0.1, 0.15) is 139 Å². The molecule has 3 aromatic carbocycles. The molecule has 0 radical (unpaired) electrons. The smallest absolute Gasteiger partial charge is 0.306 e. The van der Waals surface area contributed by atoms with E-state index in [0.717, 1.165) is 112 Å². The summed E-state index contributed by atoms with van der Waals surface area (Å²) in [5, 5.41) is 0. The standard InChI is InChI=1S/C19H26O4.C18H23IO4.C18H24O4/c1-3-7-16(14-18(20)21-4-2)15-9-11-17(12-10-15)23-19-8-5-6-13-22-19;1-2-21-17(20)13-15(10-11-19)14-6-8-16(9-7-14)23-18-5-3-4-12-22-18;1-3-14(13-17(19)20-4-2)15-8-10-16(11-9-15)22-18-7-5-6-12-21-18/h3,7,9-12,16,19H,4-6,8,13-14H2,1-2H3;6-11,15,18H,2-5,12-13H2,1H3;3,8-11,14,18H,1,4-7,12-13H2,2H3/b7-3+;11-10+;/t16-,19?;15-,18?;14-,18?/m111/s1. The van der Waals surface area contributed by atoms with Gasteiger partial charge in [0.1, 0.15) is 17.2 Å². The molecule has 0 aliphatic carbocycles. The number of carbonyl (C=O) groups is 3. The minimum Gasteiger partial charge on any atom is -0.466 e. The van der Waals surface area contributed by atoms with E-state index in [2.05, 4.69) is 29.2 Å². The van der Waals surface area contributed by atoms with Crippen molar-refractivity contribution in [3.8, 4) is 17.2 Å². The topological polar surface area (TPSA) is 134 Å². The molecule has 6 rings (SSSR count). The fourth-order valence-corrected chi connectivity index (χ4v) is 8.20. The quantitative estimate of drug-likeness (QED) is 0.0435. The summed E-state index contributed by atoms with van der Waals surface area (Å²) in [6.45, 7) is 14.7. The summed E-state index contributed by atoms with van der Waals surface area (Å²) in [6.07, 6.45) is 17.9. The average Bonchev–Trinajstić information content (AvgIpc) is 3.35. The number of hydrogen-bond donors (Lipinski definition) is 0. The van der Waals surface area contributed by atoms with Crippen molar-refractivity contribution in [2.75, 3.05) is 39.6 Å². The van der Waals surface area contributed by atoms with E-state index in [-0.39, 0.29) is 54.5 Å². The summed E-state index contributed by atoms with van der Waals surface area (Å²) in [5.74, 6) is 1.83. The first-order valence-corrected chi connectivity index (χ1v) is 25.6. The number of halogens is 1. The molecule has 6 atom stereocenters. The SMILES string of the molecule is C/C=C/[C@H](CC(=O)OCC)c1ccc(OC2CCCCO2)cc1.C=C[C@H](CC(=O)OCC)c1ccc(OC2CCCCO2)cc1.CCOC(=O)C[C@@H](/C=C/I)c1ccc(OC2CCCCO2)cc1. The van der Waals surface area contributed by atoms with Crippen LogP contribution in [0.5, 0.6) is 17.2 Å². The van der Waals surface area contributed by atoms with Gasteiger partial charge in [-0.25, -0.2) is 0 Å². The van der Waals surface area contributed by atoms with Crippen molar-refractivity contribution < 1.29 is 57.0 Å². The summed E-state index contributed by atoms with van der Waals surface area (Å²) in [4.78, 5) is 35.1. The summed E-state index contributed by atoms with van der Waals surface area (Å²) in [6, 6.07) is 23.5. The fourth-order valence-electron chi connectivity index (χ4n) is 7.70. The Morgan fingerprint density at radius 2 is 0.868 bits per heavy atom. The predicted octanol–water partition coefficient (Wildman–Crippen LogP) is 12.6. The molecule has 3 aromatic rings. The third-order valence-corrected chi connectivity index (χ3v) is 11.6. The Bertz CT molecular complexity index is 1830. The molecule has 3 saturated heterocycles. The highest BCUT2D eigenvalue weighted by atomic mass is 127. The highest BCUT2D eigenvalue weighted by Gasteiger charge is 2.20. The molecule has 0 aromatic heterocycles. The molecule has 0 spiro atoms. The Morgan fingerprint density at radius 3 is 1.15 bits per heavy atom. The van der Waals surface area contributed by atoms with Crippen molar-refractivity contribution in [2.45, 2.75) is 141 Å². The van der Waals surface area contributed by atoms with E-state index in [0.29, 0.717) is 39.1 Å². The lowest BCUT2D eigenvalue weighted by Gasteiger charge is -2.23. The van der Waals surface area contributed by atoms with Crippen molar-refractivity contribution >= 4 is 40.5 Å². The maximum atomic E-state index is 11.7. The molecule has 0 N–H and O–H groups in total. The van der Waals surface area contributed by atoms with Gasteiger partial charge in [0.05, 0.1) is 58.9 Å². The molecule has 3 heterocycles. The second-order valence-corrected chi connectivity index (χ2v) is 17.1. The van der Waals surface area contributed by atoms with Crippen LogP contribution in [0.15, 0.2) is 108 Å². The number of esters is 3. The predicted molar refractivity (Wildman–Crippen MR) is 272 cm³/mol. The minimum absolute atomic E-state index is 0.0194. The van der Waals surface area contributed by atoms with Crippen LogP contribution in [0.25, 0.3) is 0 Å². The van der Waals surface area contributed by atoms with Crippen LogP contribution in [0, 0.1) is 0 Å². The Kier molecular flexibility index (Phi) is 27.1. The van der Waals surface area contributed by atoms with Gasteiger partial charge in [-0.15, -0.1) is 6.58 Å². The van der Waals surface area contributed by atoms with E-state index in [1.54, 1.807) is 13.0 Å². The van der Waals surface area contributed by atoms with Gasteiger partial charge in [0.15, 0.2) is 18.9 Å². The molecule has 3 aliphatic rings. The Balaban J connectivity index is 0.000000222. The largest absolute Gasteiger partial charge is 0.466 e. The van der Waals surface area contributed by atoms with Gasteiger partial charge >= 0.3 is 17.9 Å². The first-order chi connectivity index (χ1) is 33.2. The van der Waals surface area contributed by atoms with Crippen LogP contribution in [0.2, 0.25) is 0 Å². The molecule has 0 bridgehead atoms. The zero-order valence-corrected chi connectivity index (χ0v) is 42.6. The van der Waals surface area contributed by atoms with Crippen molar-refractivity contribution in [1.82, 2.24) is 0 Å². The third-order valence-electron chi connectivity index (χ3n) is 11.2. The first kappa shape index (κ1) is 55.9. The van der Waals surface area contributed by atoms with Gasteiger partial charge in [-0.05, 0) is 123 Å². The summed E-state index contributed by atoms with van der Waals surface area (Å²) >= 11 is 2.17. The number of rotatable bonds is 21. The maximum absolute atomic E-state index is 11.7. The van der Waals surface area contributed by atoms with Crippen LogP contribution in [-0.4, -0.2) is 76.4 Å². The lowest BCUT2D eigenvalue weighted by atomic mass is 9.95. The average molecular weight is 1050 g/mol. The highest BCUT2D eigenvalue weighted by Crippen LogP contribution is 2.29. The number of allylic oxidation sites excluding steroid dienone is 4. The Hall–Kier alpha value is -4.70. The number of ether oxygens (including phenoxy) is 9. The van der Waals surface area contributed by atoms with Crippen molar-refractivity contribution in [2.24, 2.45) is 0 Å². The Morgan fingerprint density at radius 1 is 0.544 bits per heavy atom. The molecule has 372 valence electrons. The zero-order chi connectivity index (χ0) is 48.8. The van der Waals surface area contributed by atoms with Crippen molar-refractivity contribution in [3.63, 3.8) is 0 Å². The van der Waals surface area contributed by atoms with Crippen LogP contribution in [0.4, 0.5) is 0 Å². The van der Waals surface area contributed by atoms with Gasteiger partial charge in [-0.2, -0.15) is 0 Å². The zero-order valence-electron chi connectivity index (χ0n) is 40.5. The van der Waals surface area contributed by atoms with E-state index >= 15 is 0 Å². The molecule has 68 heavy (non-hydrogen) atoms. The second kappa shape index (κ2) is 32.9. The lowest BCUT2D eigenvalue weighted by molar-refractivity contribution is -0.144. The molecular weight excluding hydrogens is 979 g/mol. The van der Waals surface area contributed by atoms with Gasteiger partial charge in [0.2, 0.25) is 0 Å². The van der Waals surface area contributed by atoms with Gasteiger partial charge in [-0.1, -0.05) is 83.3 Å². The third kappa shape index (κ3) is 21.3. The fraction of sp³-hybridized carbons (Fsp3) is 0.509. The molecule has 13 heteroatoms. The molecular formula is C55H73IO12. The van der Waals surface area contributed by atoms with E-state index in [9.17, 15) is 14.4 Å². The van der Waals surface area contributed by atoms with Gasteiger partial charge in [0.25, 0.3) is 0 Å². The first-order valence-electron chi connectivity index (χ1n) is 24.3. The summed E-state index contributed by atoms with van der Waals surface area (Å²) in [5.41, 5.74) is 3.18. The van der Waals surface area contributed by atoms with E-state index in [1.165, 1.54) is 0 Å². The van der Waals surface area contributed by atoms with Crippen LogP contribution in [0.3, 0.4) is 0 Å². The van der Waals surface area contributed by atoms with E-state index in [1.807, 2.05) is 116 Å². The molecule has 3 fully saturated rings. The van der Waals surface area contributed by atoms with Crippen molar-refractivity contribution in [3.05, 3.63) is 124 Å². The Labute approximate surface area is 418 Å². The monoisotopic (exact) mass is 1050 g/mol. The van der Waals surface area contributed by atoms with Gasteiger partial charge < -0.3 is 42.6 Å². The number of carbonyl (C=O) groups excluding carboxylic acids is 3. The van der Waals surface area contributed by atoms with Crippen LogP contribution in [-0.2, 0) is 42.8 Å². The molecule has 0 saturated carbocycles. The van der Waals surface area contributed by atoms with Crippen molar-refractivity contribution in [1.29, 1.82) is 0 Å². The maximum Gasteiger partial charge on any atom is 0.306 e. The lowest BCUT2D eigenvalue weighted by Crippen LogP contribution is -2.24. The molecule has 12 nitrogen and oxygen atoms in total. The number of hydrogen-bond acceptors (Lipinski definition) is 12. The van der Waals surface area contributed by atoms with E-state index in [4.69, 9.17) is 42.6 Å². The summed E-state index contributed by atoms with van der Waals surface area (Å²) < 4.78 is 51.2. The van der Waals surface area contributed by atoms with Crippen LogP contribution < -0.4 is 14.2 Å². The minimum atomic E-state index is -0.205.